The van der Waals surface area contributed by atoms with Crippen molar-refractivity contribution in [3.63, 3.8) is 0 Å². The molecule has 0 spiro atoms. The van der Waals surface area contributed by atoms with Gasteiger partial charge in [0.1, 0.15) is 0 Å². The molecule has 0 aromatic heterocycles. The number of carbonyl (C=O) groups excluding carboxylic acids is 2. The van der Waals surface area contributed by atoms with Crippen LogP contribution in [-0.2, 0) is 9.59 Å². The lowest BCUT2D eigenvalue weighted by Gasteiger charge is -2.09. The first kappa shape index (κ1) is 17.5. The number of benzene rings is 1. The van der Waals surface area contributed by atoms with Gasteiger partial charge in [-0.25, -0.2) is 0 Å². The van der Waals surface area contributed by atoms with Crippen molar-refractivity contribution >= 4 is 41.4 Å². The molecule has 1 aromatic carbocycles. The minimum Gasteiger partial charge on any atom is -0.545 e. The molecule has 122 valence electrons. The number of methoxy groups -OCH3 is 2. The fourth-order valence-corrected chi connectivity index (χ4v) is 4.48. The van der Waals surface area contributed by atoms with Gasteiger partial charge in [-0.1, -0.05) is 12.1 Å². The van der Waals surface area contributed by atoms with E-state index in [0.717, 1.165) is 11.5 Å². The lowest BCUT2D eigenvalue weighted by molar-refractivity contribution is -0.298. The molecule has 1 saturated heterocycles. The predicted molar refractivity (Wildman–Crippen MR) is 90.5 cm³/mol. The zero-order valence-electron chi connectivity index (χ0n) is 12.7. The number of carboxylic acid groups (broad SMARTS) is 1. The van der Waals surface area contributed by atoms with Crippen molar-refractivity contribution in [2.24, 2.45) is 0 Å². The second kappa shape index (κ2) is 8.12. The number of hydrogen-bond acceptors (Lipinski definition) is 7. The Morgan fingerprint density at radius 1 is 1.13 bits per heavy atom. The van der Waals surface area contributed by atoms with Crippen molar-refractivity contribution in [1.29, 1.82) is 0 Å². The highest BCUT2D eigenvalue weighted by Gasteiger charge is 2.19. The summed E-state index contributed by atoms with van der Waals surface area (Å²) in [6.45, 7) is 0. The van der Waals surface area contributed by atoms with Gasteiger partial charge in [0.05, 0.1) is 30.0 Å². The van der Waals surface area contributed by atoms with E-state index in [0.29, 0.717) is 21.3 Å². The van der Waals surface area contributed by atoms with Gasteiger partial charge in [0, 0.05) is 11.5 Å². The number of ether oxygens (including phenoxy) is 2. The Hall–Kier alpha value is -1.86. The van der Waals surface area contributed by atoms with Crippen LogP contribution in [-0.4, -0.2) is 37.5 Å². The standard InChI is InChI=1S/C16H16O5S2/c1-20-12-6-4-10(9-13(12)21-2)3-5-11(17)14(15(18)19)16-22-7-8-23-16/h3-6,9H,7-8H2,1-2H3,(H,18,19)/p-1/b5-3+. The second-order valence-electron chi connectivity index (χ2n) is 4.46. The SMILES string of the molecule is COc1ccc(/C=C/C(=O)C(C(=O)[O-])=C2SCCS2)cc1OC. The zero-order chi connectivity index (χ0) is 16.8. The third-order valence-electron chi connectivity index (χ3n) is 3.04. The molecule has 1 aliphatic heterocycles. The van der Waals surface area contributed by atoms with Crippen LogP contribution in [0.5, 0.6) is 11.5 Å². The van der Waals surface area contributed by atoms with Crippen molar-refractivity contribution < 1.29 is 24.2 Å². The van der Waals surface area contributed by atoms with Gasteiger partial charge in [0.25, 0.3) is 0 Å². The molecular formula is C16H15O5S2-. The van der Waals surface area contributed by atoms with Crippen molar-refractivity contribution in [3.05, 3.63) is 39.6 Å². The van der Waals surface area contributed by atoms with Crippen LogP contribution in [0.1, 0.15) is 5.56 Å². The summed E-state index contributed by atoms with van der Waals surface area (Å²) in [6.07, 6.45) is 2.77. The van der Waals surface area contributed by atoms with Gasteiger partial charge in [-0.15, -0.1) is 23.5 Å². The van der Waals surface area contributed by atoms with Gasteiger partial charge >= 0.3 is 0 Å². The molecule has 0 radical (unpaired) electrons. The summed E-state index contributed by atoms with van der Waals surface area (Å²) >= 11 is 2.74. The molecule has 1 aliphatic rings. The van der Waals surface area contributed by atoms with Gasteiger partial charge in [-0.3, -0.25) is 4.79 Å². The topological polar surface area (TPSA) is 75.7 Å². The quantitative estimate of drug-likeness (QED) is 0.439. The molecule has 0 saturated carbocycles. The summed E-state index contributed by atoms with van der Waals surface area (Å²) in [5, 5.41) is 11.2. The van der Waals surface area contributed by atoms with E-state index in [1.54, 1.807) is 18.2 Å². The number of ketones is 1. The smallest absolute Gasteiger partial charge is 0.189 e. The normalized spacial score (nSPS) is 14.1. The number of aliphatic carboxylic acids is 1. The Bertz CT molecular complexity index is 671. The van der Waals surface area contributed by atoms with Crippen molar-refractivity contribution in [2.45, 2.75) is 0 Å². The minimum atomic E-state index is -1.44. The summed E-state index contributed by atoms with van der Waals surface area (Å²) in [4.78, 5) is 23.4. The van der Waals surface area contributed by atoms with E-state index < -0.39 is 11.8 Å². The molecule has 7 heteroatoms. The number of allylic oxidation sites excluding steroid dienone is 1. The predicted octanol–water partition coefficient (Wildman–Crippen LogP) is 1.73. The third-order valence-corrected chi connectivity index (χ3v) is 5.75. The average molecular weight is 351 g/mol. The summed E-state index contributed by atoms with van der Waals surface area (Å²) < 4.78 is 10.8. The van der Waals surface area contributed by atoms with E-state index in [1.807, 2.05) is 0 Å². The monoisotopic (exact) mass is 351 g/mol. The molecule has 5 nitrogen and oxygen atoms in total. The zero-order valence-corrected chi connectivity index (χ0v) is 14.3. The van der Waals surface area contributed by atoms with Gasteiger partial charge in [0.2, 0.25) is 0 Å². The highest BCUT2D eigenvalue weighted by atomic mass is 32.2. The first-order valence-corrected chi connectivity index (χ1v) is 8.69. The van der Waals surface area contributed by atoms with Crippen LogP contribution < -0.4 is 14.6 Å². The Morgan fingerprint density at radius 3 is 2.35 bits per heavy atom. The Kier molecular flexibility index (Phi) is 6.18. The lowest BCUT2D eigenvalue weighted by atomic mass is 10.1. The maximum atomic E-state index is 12.2. The molecule has 1 aromatic rings. The highest BCUT2D eigenvalue weighted by Crippen LogP contribution is 2.38. The molecule has 0 unspecified atom stereocenters. The summed E-state index contributed by atoms with van der Waals surface area (Å²) in [7, 11) is 3.05. The fourth-order valence-electron chi connectivity index (χ4n) is 1.95. The number of carbonyl (C=O) groups is 2. The van der Waals surface area contributed by atoms with Crippen molar-refractivity contribution in [3.8, 4) is 11.5 Å². The highest BCUT2D eigenvalue weighted by molar-refractivity contribution is 8.25. The van der Waals surface area contributed by atoms with Crippen LogP contribution in [0.25, 0.3) is 6.08 Å². The molecular weight excluding hydrogens is 336 g/mol. The first-order chi connectivity index (χ1) is 11.1. The van der Waals surface area contributed by atoms with E-state index in [-0.39, 0.29) is 5.57 Å². The molecule has 2 rings (SSSR count). The van der Waals surface area contributed by atoms with Gasteiger partial charge in [-0.2, -0.15) is 0 Å². The van der Waals surface area contributed by atoms with Crippen molar-refractivity contribution in [1.82, 2.24) is 0 Å². The largest absolute Gasteiger partial charge is 0.545 e. The number of hydrogen-bond donors (Lipinski definition) is 0. The Morgan fingerprint density at radius 2 is 1.78 bits per heavy atom. The van der Waals surface area contributed by atoms with Gasteiger partial charge in [0.15, 0.2) is 17.3 Å². The van der Waals surface area contributed by atoms with E-state index in [4.69, 9.17) is 9.47 Å². The maximum absolute atomic E-state index is 12.2. The van der Waals surface area contributed by atoms with Gasteiger partial charge in [-0.05, 0) is 23.8 Å². The van der Waals surface area contributed by atoms with E-state index in [9.17, 15) is 14.7 Å². The van der Waals surface area contributed by atoms with Crippen LogP contribution in [0.15, 0.2) is 34.1 Å². The van der Waals surface area contributed by atoms with Crippen LogP contribution >= 0.6 is 23.5 Å². The number of carboxylic acids is 1. The molecule has 0 atom stereocenters. The molecule has 0 bridgehead atoms. The minimum absolute atomic E-state index is 0.269. The molecule has 0 amide bonds. The summed E-state index contributed by atoms with van der Waals surface area (Å²) in [5.74, 6) is 0.683. The maximum Gasteiger partial charge on any atom is 0.189 e. The van der Waals surface area contributed by atoms with Crippen LogP contribution in [0.3, 0.4) is 0 Å². The van der Waals surface area contributed by atoms with Crippen LogP contribution in [0, 0.1) is 0 Å². The van der Waals surface area contributed by atoms with Crippen molar-refractivity contribution in [2.75, 3.05) is 25.7 Å². The summed E-state index contributed by atoms with van der Waals surface area (Å²) in [5.41, 5.74) is 0.430. The second-order valence-corrected chi connectivity index (χ2v) is 6.93. The molecule has 0 N–H and O–H groups in total. The van der Waals surface area contributed by atoms with Crippen LogP contribution in [0.2, 0.25) is 0 Å². The molecule has 23 heavy (non-hydrogen) atoms. The fraction of sp³-hybridized carbons (Fsp3) is 0.250. The first-order valence-electron chi connectivity index (χ1n) is 6.72. The van der Waals surface area contributed by atoms with E-state index in [1.165, 1.54) is 49.9 Å². The molecule has 0 aliphatic carbocycles. The average Bonchev–Trinajstić information content (AvgIpc) is 3.06. The van der Waals surface area contributed by atoms with E-state index in [2.05, 4.69) is 0 Å². The van der Waals surface area contributed by atoms with E-state index >= 15 is 0 Å². The third kappa shape index (κ3) is 4.33. The lowest BCUT2D eigenvalue weighted by Crippen LogP contribution is -2.28. The summed E-state index contributed by atoms with van der Waals surface area (Å²) in [6, 6.07) is 5.16. The van der Waals surface area contributed by atoms with Gasteiger partial charge < -0.3 is 19.4 Å². The molecule has 1 fully saturated rings. The molecule has 1 heterocycles. The van der Waals surface area contributed by atoms with Crippen LogP contribution in [0.4, 0.5) is 0 Å². The number of rotatable bonds is 6. The number of thioether (sulfide) groups is 2. The Balaban J connectivity index is 2.23. The Labute approximate surface area is 142 Å².